The molecular weight excluding hydrogens is 220 g/mol. The zero-order chi connectivity index (χ0) is 14.0. The van der Waals surface area contributed by atoms with Crippen LogP contribution in [0, 0.1) is 5.92 Å². The Balaban J connectivity index is 3.75. The molecule has 0 aromatic heterocycles. The molecule has 0 fully saturated rings. The zero-order valence-corrected chi connectivity index (χ0v) is 13.6. The Morgan fingerprint density at radius 2 is 1.61 bits per heavy atom. The van der Waals surface area contributed by atoms with Gasteiger partial charge in [-0.15, -0.1) is 0 Å². The van der Waals surface area contributed by atoms with Gasteiger partial charge in [0.15, 0.2) is 0 Å². The molecule has 0 aromatic rings. The van der Waals surface area contributed by atoms with Crippen molar-refractivity contribution in [1.82, 2.24) is 10.2 Å². The number of unbranched alkanes of at least 4 members (excludes halogenated alkanes) is 1. The summed E-state index contributed by atoms with van der Waals surface area (Å²) in [6, 6.07) is 1.29. The molecule has 2 nitrogen and oxygen atoms in total. The third-order valence-corrected chi connectivity index (χ3v) is 3.85. The van der Waals surface area contributed by atoms with E-state index in [-0.39, 0.29) is 0 Å². The SMILES string of the molecule is CCCCC(CC)CNCCN(C(C)C)C(C)C. The number of hydrogen-bond acceptors (Lipinski definition) is 2. The van der Waals surface area contributed by atoms with Crippen LogP contribution in [0.2, 0.25) is 0 Å². The van der Waals surface area contributed by atoms with E-state index in [0.29, 0.717) is 12.1 Å². The predicted molar refractivity (Wildman–Crippen MR) is 83.2 cm³/mol. The first kappa shape index (κ1) is 17.9. The molecule has 1 N–H and O–H groups in total. The molecule has 0 amide bonds. The van der Waals surface area contributed by atoms with Crippen LogP contribution in [0.1, 0.15) is 67.2 Å². The van der Waals surface area contributed by atoms with E-state index in [4.69, 9.17) is 0 Å². The summed E-state index contributed by atoms with van der Waals surface area (Å²) >= 11 is 0. The van der Waals surface area contributed by atoms with E-state index >= 15 is 0 Å². The van der Waals surface area contributed by atoms with E-state index in [0.717, 1.165) is 12.5 Å². The van der Waals surface area contributed by atoms with Crippen molar-refractivity contribution in [2.24, 2.45) is 5.92 Å². The van der Waals surface area contributed by atoms with Crippen molar-refractivity contribution in [2.45, 2.75) is 79.3 Å². The third kappa shape index (κ3) is 8.10. The molecule has 0 aliphatic heterocycles. The largest absolute Gasteiger partial charge is 0.315 e. The molecule has 0 saturated heterocycles. The molecule has 0 spiro atoms. The van der Waals surface area contributed by atoms with Crippen LogP contribution in [-0.2, 0) is 0 Å². The van der Waals surface area contributed by atoms with Crippen LogP contribution in [0.4, 0.5) is 0 Å². The van der Waals surface area contributed by atoms with Crippen molar-refractivity contribution in [3.8, 4) is 0 Å². The summed E-state index contributed by atoms with van der Waals surface area (Å²) in [7, 11) is 0. The Bertz CT molecular complexity index is 170. The normalized spacial score (nSPS) is 13.8. The second kappa shape index (κ2) is 10.8. The van der Waals surface area contributed by atoms with Crippen molar-refractivity contribution in [1.29, 1.82) is 0 Å². The summed E-state index contributed by atoms with van der Waals surface area (Å²) in [6.07, 6.45) is 5.40. The predicted octanol–water partition coefficient (Wildman–Crippen LogP) is 3.91. The highest BCUT2D eigenvalue weighted by atomic mass is 15.2. The van der Waals surface area contributed by atoms with Gasteiger partial charge in [-0.25, -0.2) is 0 Å². The van der Waals surface area contributed by atoms with Gasteiger partial charge in [-0.05, 0) is 46.6 Å². The first-order chi connectivity index (χ1) is 8.52. The van der Waals surface area contributed by atoms with Crippen molar-refractivity contribution in [2.75, 3.05) is 19.6 Å². The first-order valence-electron chi connectivity index (χ1n) is 7.99. The Hall–Kier alpha value is -0.0800. The summed E-state index contributed by atoms with van der Waals surface area (Å²) in [5.41, 5.74) is 0. The molecule has 1 unspecified atom stereocenters. The number of rotatable bonds is 11. The zero-order valence-electron chi connectivity index (χ0n) is 13.6. The van der Waals surface area contributed by atoms with Crippen LogP contribution >= 0.6 is 0 Å². The Labute approximate surface area is 116 Å². The van der Waals surface area contributed by atoms with Crippen LogP contribution in [0.3, 0.4) is 0 Å². The van der Waals surface area contributed by atoms with Crippen LogP contribution in [0.25, 0.3) is 0 Å². The van der Waals surface area contributed by atoms with Crippen molar-refractivity contribution >= 4 is 0 Å². The van der Waals surface area contributed by atoms with Gasteiger partial charge in [0.1, 0.15) is 0 Å². The lowest BCUT2D eigenvalue weighted by Gasteiger charge is -2.30. The number of nitrogens with zero attached hydrogens (tertiary/aromatic N) is 1. The van der Waals surface area contributed by atoms with E-state index in [1.54, 1.807) is 0 Å². The maximum atomic E-state index is 3.64. The topological polar surface area (TPSA) is 15.3 Å². The average Bonchev–Trinajstić information content (AvgIpc) is 2.31. The molecule has 2 heteroatoms. The maximum Gasteiger partial charge on any atom is 0.0112 e. The third-order valence-electron chi connectivity index (χ3n) is 3.85. The van der Waals surface area contributed by atoms with E-state index in [9.17, 15) is 0 Å². The fourth-order valence-corrected chi connectivity index (χ4v) is 2.57. The Morgan fingerprint density at radius 1 is 1.00 bits per heavy atom. The van der Waals surface area contributed by atoms with Crippen molar-refractivity contribution in [3.05, 3.63) is 0 Å². The summed E-state index contributed by atoms with van der Waals surface area (Å²) < 4.78 is 0. The quantitative estimate of drug-likeness (QED) is 0.564. The minimum Gasteiger partial charge on any atom is -0.315 e. The lowest BCUT2D eigenvalue weighted by Crippen LogP contribution is -2.42. The van der Waals surface area contributed by atoms with Gasteiger partial charge in [0.25, 0.3) is 0 Å². The maximum absolute atomic E-state index is 3.64. The Morgan fingerprint density at radius 3 is 2.06 bits per heavy atom. The van der Waals surface area contributed by atoms with Crippen molar-refractivity contribution in [3.63, 3.8) is 0 Å². The molecular formula is C16H36N2. The molecule has 0 aliphatic carbocycles. The minimum absolute atomic E-state index is 0.647. The fourth-order valence-electron chi connectivity index (χ4n) is 2.57. The molecule has 18 heavy (non-hydrogen) atoms. The van der Waals surface area contributed by atoms with E-state index in [1.165, 1.54) is 38.8 Å². The van der Waals surface area contributed by atoms with Crippen LogP contribution in [0.15, 0.2) is 0 Å². The van der Waals surface area contributed by atoms with Crippen LogP contribution in [0.5, 0.6) is 0 Å². The molecule has 0 aliphatic rings. The minimum atomic E-state index is 0.647. The molecule has 0 saturated carbocycles. The van der Waals surface area contributed by atoms with Gasteiger partial charge in [-0.3, -0.25) is 4.90 Å². The average molecular weight is 256 g/mol. The fraction of sp³-hybridized carbons (Fsp3) is 1.00. The van der Waals surface area contributed by atoms with Gasteiger partial charge < -0.3 is 5.32 Å². The Kier molecular flexibility index (Phi) is 10.8. The van der Waals surface area contributed by atoms with Crippen molar-refractivity contribution < 1.29 is 0 Å². The van der Waals surface area contributed by atoms with Gasteiger partial charge in [0, 0.05) is 25.2 Å². The standard InChI is InChI=1S/C16H36N2/c1-7-9-10-16(8-2)13-17-11-12-18(14(3)4)15(5)6/h14-17H,7-13H2,1-6H3. The van der Waals surface area contributed by atoms with Gasteiger partial charge in [-0.2, -0.15) is 0 Å². The van der Waals surface area contributed by atoms with Crippen LogP contribution in [-0.4, -0.2) is 36.6 Å². The summed E-state index contributed by atoms with van der Waals surface area (Å²) in [5, 5.41) is 3.64. The molecule has 0 aromatic carbocycles. The lowest BCUT2D eigenvalue weighted by atomic mass is 9.99. The number of nitrogens with one attached hydrogen (secondary N) is 1. The van der Waals surface area contributed by atoms with Gasteiger partial charge in [0.2, 0.25) is 0 Å². The smallest absolute Gasteiger partial charge is 0.0112 e. The van der Waals surface area contributed by atoms with Gasteiger partial charge in [-0.1, -0.05) is 33.1 Å². The summed E-state index contributed by atoms with van der Waals surface area (Å²) in [5.74, 6) is 0.872. The van der Waals surface area contributed by atoms with Gasteiger partial charge in [0.05, 0.1) is 0 Å². The van der Waals surface area contributed by atoms with Gasteiger partial charge >= 0.3 is 0 Å². The highest BCUT2D eigenvalue weighted by molar-refractivity contribution is 4.69. The molecule has 0 rings (SSSR count). The molecule has 0 radical (unpaired) electrons. The highest BCUT2D eigenvalue weighted by Crippen LogP contribution is 2.11. The van der Waals surface area contributed by atoms with E-state index in [2.05, 4.69) is 51.8 Å². The summed E-state index contributed by atoms with van der Waals surface area (Å²) in [6.45, 7) is 17.2. The first-order valence-corrected chi connectivity index (χ1v) is 7.99. The lowest BCUT2D eigenvalue weighted by molar-refractivity contribution is 0.175. The monoisotopic (exact) mass is 256 g/mol. The van der Waals surface area contributed by atoms with Crippen LogP contribution < -0.4 is 5.32 Å². The summed E-state index contributed by atoms with van der Waals surface area (Å²) in [4.78, 5) is 2.56. The molecule has 110 valence electrons. The van der Waals surface area contributed by atoms with E-state index in [1.807, 2.05) is 0 Å². The molecule has 1 atom stereocenters. The molecule has 0 bridgehead atoms. The number of hydrogen-bond donors (Lipinski definition) is 1. The molecule has 0 heterocycles. The second-order valence-corrected chi connectivity index (χ2v) is 6.05. The second-order valence-electron chi connectivity index (χ2n) is 6.05. The van der Waals surface area contributed by atoms with E-state index < -0.39 is 0 Å². The highest BCUT2D eigenvalue weighted by Gasteiger charge is 2.12.